The molecular formula is C29H31NO5. The summed E-state index contributed by atoms with van der Waals surface area (Å²) in [7, 11) is 0. The van der Waals surface area contributed by atoms with Gasteiger partial charge in [0.2, 0.25) is 0 Å². The van der Waals surface area contributed by atoms with E-state index in [0.717, 1.165) is 31.2 Å². The van der Waals surface area contributed by atoms with Gasteiger partial charge in [0.05, 0.1) is 12.2 Å². The number of nitrogens with zero attached hydrogens (tertiary/aromatic N) is 1. The lowest BCUT2D eigenvalue weighted by molar-refractivity contribution is -0.132. The van der Waals surface area contributed by atoms with Crippen molar-refractivity contribution in [3.63, 3.8) is 0 Å². The van der Waals surface area contributed by atoms with E-state index in [1.807, 2.05) is 31.2 Å². The fourth-order valence-electron chi connectivity index (χ4n) is 4.27. The summed E-state index contributed by atoms with van der Waals surface area (Å²) in [5.41, 5.74) is 2.12. The highest BCUT2D eigenvalue weighted by atomic mass is 16.5. The van der Waals surface area contributed by atoms with Gasteiger partial charge in [0.15, 0.2) is 0 Å². The molecule has 1 fully saturated rings. The van der Waals surface area contributed by atoms with Gasteiger partial charge in [-0.3, -0.25) is 14.5 Å². The Morgan fingerprint density at radius 2 is 1.69 bits per heavy atom. The lowest BCUT2D eigenvalue weighted by atomic mass is 9.99. The van der Waals surface area contributed by atoms with E-state index in [-0.39, 0.29) is 11.3 Å². The standard InChI is InChI=1S/C29H31NO5/c1-4-6-7-18-34-23-15-11-21(12-16-23)27(31)25-26(24-17-8-19(3)35-24)30(29(33)28(25)32)22-13-9-20(5-2)10-14-22/h8-17,26,31H,4-7,18H2,1-3H3/b27-25-. The molecule has 0 aliphatic carbocycles. The van der Waals surface area contributed by atoms with Gasteiger partial charge in [-0.05, 0) is 73.9 Å². The van der Waals surface area contributed by atoms with Gasteiger partial charge < -0.3 is 14.3 Å². The maximum Gasteiger partial charge on any atom is 0.300 e. The quantitative estimate of drug-likeness (QED) is 0.170. The lowest BCUT2D eigenvalue weighted by Gasteiger charge is -2.23. The summed E-state index contributed by atoms with van der Waals surface area (Å²) in [5, 5.41) is 11.2. The number of anilines is 1. The number of carbonyl (C=O) groups is 2. The number of aryl methyl sites for hydroxylation is 2. The highest BCUT2D eigenvalue weighted by Crippen LogP contribution is 2.42. The van der Waals surface area contributed by atoms with Gasteiger partial charge in [-0.25, -0.2) is 0 Å². The van der Waals surface area contributed by atoms with Crippen LogP contribution in [0, 0.1) is 6.92 Å². The summed E-state index contributed by atoms with van der Waals surface area (Å²) in [6.45, 7) is 6.61. The summed E-state index contributed by atoms with van der Waals surface area (Å²) < 4.78 is 11.6. The van der Waals surface area contributed by atoms with E-state index in [0.29, 0.717) is 35.1 Å². The van der Waals surface area contributed by atoms with Gasteiger partial charge in [0.25, 0.3) is 11.7 Å². The van der Waals surface area contributed by atoms with Crippen molar-refractivity contribution in [1.82, 2.24) is 0 Å². The number of rotatable bonds is 9. The van der Waals surface area contributed by atoms with Crippen LogP contribution in [0.3, 0.4) is 0 Å². The molecule has 1 aliphatic rings. The molecule has 182 valence electrons. The Balaban J connectivity index is 1.72. The molecule has 6 nitrogen and oxygen atoms in total. The summed E-state index contributed by atoms with van der Waals surface area (Å²) in [5.74, 6) is 0.0573. The Labute approximate surface area is 205 Å². The van der Waals surface area contributed by atoms with Gasteiger partial charge in [0.1, 0.15) is 29.1 Å². The van der Waals surface area contributed by atoms with Crippen LogP contribution in [0.5, 0.6) is 5.75 Å². The number of amides is 1. The zero-order valence-corrected chi connectivity index (χ0v) is 20.4. The Morgan fingerprint density at radius 1 is 0.971 bits per heavy atom. The number of aliphatic hydroxyl groups is 1. The number of benzene rings is 2. The molecule has 1 atom stereocenters. The first-order valence-corrected chi connectivity index (χ1v) is 12.1. The topological polar surface area (TPSA) is 80.0 Å². The molecule has 6 heteroatoms. The molecule has 1 amide bonds. The molecule has 4 rings (SSSR count). The van der Waals surface area contributed by atoms with Crippen LogP contribution < -0.4 is 9.64 Å². The van der Waals surface area contributed by atoms with Crippen molar-refractivity contribution >= 4 is 23.1 Å². The van der Waals surface area contributed by atoms with Crippen molar-refractivity contribution in [1.29, 1.82) is 0 Å². The minimum Gasteiger partial charge on any atom is -0.507 e. The molecule has 0 spiro atoms. The van der Waals surface area contributed by atoms with Crippen molar-refractivity contribution in [2.24, 2.45) is 0 Å². The number of furan rings is 1. The molecular weight excluding hydrogens is 442 g/mol. The zero-order valence-electron chi connectivity index (χ0n) is 20.4. The smallest absolute Gasteiger partial charge is 0.300 e. The second-order valence-corrected chi connectivity index (χ2v) is 8.72. The van der Waals surface area contributed by atoms with E-state index in [1.165, 1.54) is 4.90 Å². The summed E-state index contributed by atoms with van der Waals surface area (Å²) >= 11 is 0. The number of Topliss-reactive ketones (excluding diaryl/α,β-unsaturated/α-hetero) is 1. The molecule has 1 saturated heterocycles. The van der Waals surface area contributed by atoms with E-state index in [2.05, 4.69) is 6.92 Å². The molecule has 1 N–H and O–H groups in total. The third-order valence-corrected chi connectivity index (χ3v) is 6.24. The third kappa shape index (κ3) is 5.02. The highest BCUT2D eigenvalue weighted by Gasteiger charge is 2.48. The fourth-order valence-corrected chi connectivity index (χ4v) is 4.27. The average Bonchev–Trinajstić information content (AvgIpc) is 3.42. The minimum absolute atomic E-state index is 0.000493. The number of ketones is 1. The molecule has 1 aliphatic heterocycles. The molecule has 0 bridgehead atoms. The van der Waals surface area contributed by atoms with Crippen molar-refractivity contribution in [2.45, 2.75) is 52.5 Å². The molecule has 0 saturated carbocycles. The maximum atomic E-state index is 13.2. The van der Waals surface area contributed by atoms with Crippen molar-refractivity contribution in [2.75, 3.05) is 11.5 Å². The number of hydrogen-bond donors (Lipinski definition) is 1. The SMILES string of the molecule is CCCCCOc1ccc(/C(O)=C2/C(=O)C(=O)N(c3ccc(CC)cc3)C2c2ccc(C)o2)cc1. The van der Waals surface area contributed by atoms with Gasteiger partial charge in [-0.15, -0.1) is 0 Å². The number of ether oxygens (including phenoxy) is 1. The molecule has 0 radical (unpaired) electrons. The Hall–Kier alpha value is -3.80. The van der Waals surface area contributed by atoms with Crippen LogP contribution in [-0.2, 0) is 16.0 Å². The van der Waals surface area contributed by atoms with Gasteiger partial charge in [-0.1, -0.05) is 38.8 Å². The summed E-state index contributed by atoms with van der Waals surface area (Å²) in [6.07, 6.45) is 4.06. The van der Waals surface area contributed by atoms with Crippen LogP contribution >= 0.6 is 0 Å². The van der Waals surface area contributed by atoms with E-state index in [9.17, 15) is 14.7 Å². The average molecular weight is 474 g/mol. The van der Waals surface area contributed by atoms with Crippen LogP contribution in [0.1, 0.15) is 61.8 Å². The van der Waals surface area contributed by atoms with Gasteiger partial charge in [-0.2, -0.15) is 0 Å². The first-order valence-electron chi connectivity index (χ1n) is 12.1. The fraction of sp³-hybridized carbons (Fsp3) is 0.310. The molecule has 2 aromatic carbocycles. The van der Waals surface area contributed by atoms with Crippen LogP contribution in [0.15, 0.2) is 70.7 Å². The van der Waals surface area contributed by atoms with E-state index < -0.39 is 17.7 Å². The normalized spacial score (nSPS) is 17.2. The summed E-state index contributed by atoms with van der Waals surface area (Å²) in [6, 6.07) is 17.0. The maximum absolute atomic E-state index is 13.2. The van der Waals surface area contributed by atoms with Gasteiger partial charge >= 0.3 is 0 Å². The van der Waals surface area contributed by atoms with E-state index >= 15 is 0 Å². The number of aliphatic hydroxyl groups excluding tert-OH is 1. The van der Waals surface area contributed by atoms with Crippen LogP contribution in [0.2, 0.25) is 0 Å². The first kappa shape index (κ1) is 24.3. The third-order valence-electron chi connectivity index (χ3n) is 6.24. The molecule has 35 heavy (non-hydrogen) atoms. The van der Waals surface area contributed by atoms with E-state index in [1.54, 1.807) is 43.3 Å². The predicted octanol–water partition coefficient (Wildman–Crippen LogP) is 6.35. The minimum atomic E-state index is -0.874. The summed E-state index contributed by atoms with van der Waals surface area (Å²) in [4.78, 5) is 27.8. The number of hydrogen-bond acceptors (Lipinski definition) is 5. The molecule has 1 aromatic heterocycles. The number of carbonyl (C=O) groups excluding carboxylic acids is 2. The molecule has 1 unspecified atom stereocenters. The van der Waals surface area contributed by atoms with Crippen molar-refractivity contribution in [3.8, 4) is 5.75 Å². The van der Waals surface area contributed by atoms with Crippen molar-refractivity contribution in [3.05, 3.63) is 88.9 Å². The zero-order chi connectivity index (χ0) is 24.9. The second kappa shape index (κ2) is 10.6. The van der Waals surface area contributed by atoms with E-state index in [4.69, 9.17) is 9.15 Å². The lowest BCUT2D eigenvalue weighted by Crippen LogP contribution is -2.29. The molecule has 2 heterocycles. The molecule has 3 aromatic rings. The van der Waals surface area contributed by atoms with Crippen LogP contribution in [-0.4, -0.2) is 23.4 Å². The van der Waals surface area contributed by atoms with Crippen LogP contribution in [0.25, 0.3) is 5.76 Å². The largest absolute Gasteiger partial charge is 0.507 e. The van der Waals surface area contributed by atoms with Gasteiger partial charge in [0, 0.05) is 11.3 Å². The Morgan fingerprint density at radius 3 is 2.29 bits per heavy atom. The Kier molecular flexibility index (Phi) is 7.39. The monoisotopic (exact) mass is 473 g/mol. The predicted molar refractivity (Wildman–Crippen MR) is 136 cm³/mol. The highest BCUT2D eigenvalue weighted by molar-refractivity contribution is 6.51. The van der Waals surface area contributed by atoms with Crippen molar-refractivity contribution < 1.29 is 23.8 Å². The second-order valence-electron chi connectivity index (χ2n) is 8.72. The van der Waals surface area contributed by atoms with Crippen LogP contribution in [0.4, 0.5) is 5.69 Å². The number of unbranched alkanes of at least 4 members (excludes halogenated alkanes) is 2. The Bertz CT molecular complexity index is 1220. The first-order chi connectivity index (χ1) is 16.9.